The summed E-state index contributed by atoms with van der Waals surface area (Å²) in [4.78, 5) is 27.5. The van der Waals surface area contributed by atoms with Crippen LogP contribution < -0.4 is 10.6 Å². The highest BCUT2D eigenvalue weighted by Gasteiger charge is 2.22. The molecule has 7 nitrogen and oxygen atoms in total. The van der Waals surface area contributed by atoms with Gasteiger partial charge in [-0.15, -0.1) is 0 Å². The van der Waals surface area contributed by atoms with Crippen molar-refractivity contribution in [3.63, 3.8) is 0 Å². The fraction of sp³-hybridized carbons (Fsp3) is 0.385. The molecule has 0 saturated carbocycles. The molecule has 0 unspecified atom stereocenters. The van der Waals surface area contributed by atoms with E-state index in [4.69, 9.17) is 0 Å². The lowest BCUT2D eigenvalue weighted by Gasteiger charge is -2.13. The van der Waals surface area contributed by atoms with Gasteiger partial charge < -0.3 is 10.1 Å². The first-order valence-electron chi connectivity index (χ1n) is 6.00. The number of anilines is 1. The Morgan fingerprint density at radius 3 is 2.55 bits per heavy atom. The van der Waals surface area contributed by atoms with Crippen LogP contribution in [-0.4, -0.2) is 30.6 Å². The van der Waals surface area contributed by atoms with E-state index in [0.717, 1.165) is 0 Å². The SMILES string of the molecule is CCNC(=O)Nc1nc(C)c(C)c(C(=O)OC)c1C#N. The molecule has 1 rings (SSSR count). The minimum atomic E-state index is -0.636. The predicted octanol–water partition coefficient (Wildman–Crippen LogP) is 1.50. The number of hydrogen-bond acceptors (Lipinski definition) is 5. The standard InChI is InChI=1S/C13H16N4O3/c1-5-15-13(19)17-11-9(6-14)10(12(18)20-4)7(2)8(3)16-11/h5H2,1-4H3,(H2,15,16,17,19). The number of ether oxygens (including phenoxy) is 1. The largest absolute Gasteiger partial charge is 0.465 e. The lowest BCUT2D eigenvalue weighted by atomic mass is 10.0. The fourth-order valence-electron chi connectivity index (χ4n) is 1.66. The predicted molar refractivity (Wildman–Crippen MR) is 72.5 cm³/mol. The van der Waals surface area contributed by atoms with Gasteiger partial charge in [0.25, 0.3) is 0 Å². The highest BCUT2D eigenvalue weighted by molar-refractivity contribution is 5.98. The third kappa shape index (κ3) is 3.03. The first-order chi connectivity index (χ1) is 9.46. The molecule has 0 aliphatic heterocycles. The van der Waals surface area contributed by atoms with E-state index in [9.17, 15) is 14.9 Å². The highest BCUT2D eigenvalue weighted by atomic mass is 16.5. The second-order valence-electron chi connectivity index (χ2n) is 4.01. The molecule has 1 aromatic rings. The number of nitrogens with one attached hydrogen (secondary N) is 2. The topological polar surface area (TPSA) is 104 Å². The number of nitrogens with zero attached hydrogens (tertiary/aromatic N) is 2. The number of aromatic nitrogens is 1. The van der Waals surface area contributed by atoms with Crippen molar-refractivity contribution in [1.82, 2.24) is 10.3 Å². The molecule has 0 bridgehead atoms. The molecule has 1 aromatic heterocycles. The first-order valence-corrected chi connectivity index (χ1v) is 6.00. The van der Waals surface area contributed by atoms with Crippen molar-refractivity contribution >= 4 is 17.8 Å². The normalized spacial score (nSPS) is 9.55. The Kier molecular flexibility index (Phi) is 5.03. The minimum absolute atomic E-state index is 0.00815. The maximum atomic E-state index is 11.8. The molecule has 0 spiro atoms. The number of aryl methyl sites for hydroxylation is 1. The Hall–Kier alpha value is -2.62. The van der Waals surface area contributed by atoms with E-state index in [0.29, 0.717) is 17.8 Å². The smallest absolute Gasteiger partial charge is 0.339 e. The maximum absolute atomic E-state index is 11.8. The zero-order chi connectivity index (χ0) is 15.3. The van der Waals surface area contributed by atoms with Crippen molar-refractivity contribution in [3.05, 3.63) is 22.4 Å². The molecule has 0 aliphatic carbocycles. The maximum Gasteiger partial charge on any atom is 0.339 e. The summed E-state index contributed by atoms with van der Waals surface area (Å²) in [6.45, 7) is 5.55. The first kappa shape index (κ1) is 15.4. The van der Waals surface area contributed by atoms with Crippen molar-refractivity contribution in [2.45, 2.75) is 20.8 Å². The summed E-state index contributed by atoms with van der Waals surface area (Å²) < 4.78 is 4.68. The summed E-state index contributed by atoms with van der Waals surface area (Å²) in [6.07, 6.45) is 0. The van der Waals surface area contributed by atoms with Gasteiger partial charge in [-0.2, -0.15) is 5.26 Å². The third-order valence-electron chi connectivity index (χ3n) is 2.75. The van der Waals surface area contributed by atoms with Crippen LogP contribution in [0.4, 0.5) is 10.6 Å². The molecular formula is C13H16N4O3. The number of urea groups is 1. The average molecular weight is 276 g/mol. The molecule has 0 aromatic carbocycles. The van der Waals surface area contributed by atoms with Gasteiger partial charge in [0, 0.05) is 12.2 Å². The number of carbonyl (C=O) groups excluding carboxylic acids is 2. The van der Waals surface area contributed by atoms with Gasteiger partial charge in [0.2, 0.25) is 0 Å². The Morgan fingerprint density at radius 1 is 1.40 bits per heavy atom. The van der Waals surface area contributed by atoms with Crippen LogP contribution in [0.25, 0.3) is 0 Å². The van der Waals surface area contributed by atoms with Crippen LogP contribution in [0.5, 0.6) is 0 Å². The van der Waals surface area contributed by atoms with Gasteiger partial charge in [0.05, 0.1) is 12.7 Å². The number of nitriles is 1. The van der Waals surface area contributed by atoms with E-state index < -0.39 is 12.0 Å². The summed E-state index contributed by atoms with van der Waals surface area (Å²) in [6, 6.07) is 1.40. The number of esters is 1. The van der Waals surface area contributed by atoms with Gasteiger partial charge >= 0.3 is 12.0 Å². The third-order valence-corrected chi connectivity index (χ3v) is 2.75. The van der Waals surface area contributed by atoms with E-state index in [-0.39, 0.29) is 16.9 Å². The molecule has 2 amide bonds. The Balaban J connectivity index is 3.39. The summed E-state index contributed by atoms with van der Waals surface area (Å²) in [5.74, 6) is -0.592. The molecular weight excluding hydrogens is 260 g/mol. The van der Waals surface area contributed by atoms with Crippen molar-refractivity contribution in [1.29, 1.82) is 5.26 Å². The molecule has 0 aliphatic rings. The van der Waals surface area contributed by atoms with Crippen LogP contribution in [0.15, 0.2) is 0 Å². The van der Waals surface area contributed by atoms with E-state index in [1.54, 1.807) is 20.8 Å². The van der Waals surface area contributed by atoms with Crippen molar-refractivity contribution in [2.24, 2.45) is 0 Å². The molecule has 1 heterocycles. The van der Waals surface area contributed by atoms with Gasteiger partial charge in [-0.05, 0) is 26.3 Å². The minimum Gasteiger partial charge on any atom is -0.465 e. The Bertz CT molecular complexity index is 590. The number of methoxy groups -OCH3 is 1. The van der Waals surface area contributed by atoms with Crippen LogP contribution in [0.3, 0.4) is 0 Å². The second-order valence-corrected chi connectivity index (χ2v) is 4.01. The zero-order valence-electron chi connectivity index (χ0n) is 11.8. The molecule has 2 N–H and O–H groups in total. The second kappa shape index (κ2) is 6.52. The fourth-order valence-corrected chi connectivity index (χ4v) is 1.66. The molecule has 0 atom stereocenters. The number of amides is 2. The van der Waals surface area contributed by atoms with E-state index >= 15 is 0 Å². The van der Waals surface area contributed by atoms with Crippen molar-refractivity contribution < 1.29 is 14.3 Å². The molecule has 0 saturated heterocycles. The van der Waals surface area contributed by atoms with Gasteiger partial charge in [0.1, 0.15) is 11.6 Å². The molecule has 0 radical (unpaired) electrons. The van der Waals surface area contributed by atoms with Gasteiger partial charge in [-0.3, -0.25) is 5.32 Å². The van der Waals surface area contributed by atoms with Crippen LogP contribution in [-0.2, 0) is 4.74 Å². The molecule has 20 heavy (non-hydrogen) atoms. The van der Waals surface area contributed by atoms with Crippen LogP contribution >= 0.6 is 0 Å². The summed E-state index contributed by atoms with van der Waals surface area (Å²) in [5, 5.41) is 14.2. The quantitative estimate of drug-likeness (QED) is 0.814. The van der Waals surface area contributed by atoms with E-state index in [1.165, 1.54) is 7.11 Å². The molecule has 7 heteroatoms. The number of hydrogen-bond donors (Lipinski definition) is 2. The lowest BCUT2D eigenvalue weighted by Crippen LogP contribution is -2.29. The van der Waals surface area contributed by atoms with Crippen LogP contribution in [0.1, 0.15) is 34.1 Å². The van der Waals surface area contributed by atoms with Crippen LogP contribution in [0.2, 0.25) is 0 Å². The van der Waals surface area contributed by atoms with Crippen molar-refractivity contribution in [3.8, 4) is 6.07 Å². The summed E-state index contributed by atoms with van der Waals surface area (Å²) in [5.41, 5.74) is 1.20. The average Bonchev–Trinajstić information content (AvgIpc) is 2.41. The summed E-state index contributed by atoms with van der Waals surface area (Å²) >= 11 is 0. The molecule has 0 fully saturated rings. The van der Waals surface area contributed by atoms with Crippen LogP contribution in [0, 0.1) is 25.2 Å². The lowest BCUT2D eigenvalue weighted by molar-refractivity contribution is 0.0599. The summed E-state index contributed by atoms with van der Waals surface area (Å²) in [7, 11) is 1.23. The number of carbonyl (C=O) groups is 2. The molecule has 106 valence electrons. The van der Waals surface area contributed by atoms with Gasteiger partial charge in [-0.1, -0.05) is 0 Å². The Morgan fingerprint density at radius 2 is 2.05 bits per heavy atom. The zero-order valence-corrected chi connectivity index (χ0v) is 11.8. The number of rotatable bonds is 3. The van der Waals surface area contributed by atoms with Crippen molar-refractivity contribution in [2.75, 3.05) is 19.0 Å². The Labute approximate surface area is 116 Å². The van der Waals surface area contributed by atoms with E-state index in [2.05, 4.69) is 20.4 Å². The van der Waals surface area contributed by atoms with Gasteiger partial charge in [0.15, 0.2) is 5.82 Å². The van der Waals surface area contributed by atoms with E-state index in [1.807, 2.05) is 6.07 Å². The number of pyridine rings is 1. The highest BCUT2D eigenvalue weighted by Crippen LogP contribution is 2.23. The monoisotopic (exact) mass is 276 g/mol. The van der Waals surface area contributed by atoms with Gasteiger partial charge in [-0.25, -0.2) is 14.6 Å².